The van der Waals surface area contributed by atoms with Gasteiger partial charge in [-0.05, 0) is 43.0 Å². The number of hydrogen-bond donors (Lipinski definition) is 0. The van der Waals surface area contributed by atoms with E-state index < -0.39 is 11.7 Å². The minimum atomic E-state index is -4.52. The Morgan fingerprint density at radius 2 is 1.80 bits per heavy atom. The molecule has 2 aromatic carbocycles. The standard InChI is InChI=1S/C31H36F3N5O/c1-19(2)23-11-10-20(3)28(16-23)38-13-12-27-25(18-38)30(39-15-14-37(22(5)40)17-21(39)4)36-29(35-27)24-8-6-7-9-26(24)31(32,33)34/h6-11,16,19,21H,12-15,17-18H2,1-5H3/t21-/m1/s1. The van der Waals surface area contributed by atoms with Crippen LogP contribution in [0.15, 0.2) is 42.5 Å². The molecule has 1 amide bonds. The van der Waals surface area contributed by atoms with Gasteiger partial charge in [0.05, 0.1) is 11.3 Å². The van der Waals surface area contributed by atoms with Crippen LogP contribution in [0.4, 0.5) is 24.7 Å². The van der Waals surface area contributed by atoms with Gasteiger partial charge in [-0.3, -0.25) is 4.79 Å². The Morgan fingerprint density at radius 3 is 2.48 bits per heavy atom. The first-order chi connectivity index (χ1) is 18.9. The van der Waals surface area contributed by atoms with Crippen LogP contribution in [-0.2, 0) is 23.9 Å². The molecule has 40 heavy (non-hydrogen) atoms. The van der Waals surface area contributed by atoms with Crippen molar-refractivity contribution < 1.29 is 18.0 Å². The summed E-state index contributed by atoms with van der Waals surface area (Å²) in [5.74, 6) is 1.16. The summed E-state index contributed by atoms with van der Waals surface area (Å²) in [7, 11) is 0. The molecular weight excluding hydrogens is 515 g/mol. The van der Waals surface area contributed by atoms with Crippen molar-refractivity contribution in [3.05, 3.63) is 70.4 Å². The molecular formula is C31H36F3N5O. The summed E-state index contributed by atoms with van der Waals surface area (Å²) in [4.78, 5) is 27.9. The molecule has 5 rings (SSSR count). The SMILES string of the molecule is CC(=O)N1CCN(c2nc(-c3ccccc3C(F)(F)F)nc3c2CN(c2cc(C(C)C)ccc2C)CC3)[C@H](C)C1. The zero-order valence-corrected chi connectivity index (χ0v) is 23.7. The smallest absolute Gasteiger partial charge is 0.366 e. The van der Waals surface area contributed by atoms with E-state index in [4.69, 9.17) is 9.97 Å². The lowest BCUT2D eigenvalue weighted by Crippen LogP contribution is -2.54. The molecule has 0 aliphatic carbocycles. The van der Waals surface area contributed by atoms with Crippen molar-refractivity contribution in [2.75, 3.05) is 36.0 Å². The van der Waals surface area contributed by atoms with Crippen LogP contribution in [0.25, 0.3) is 11.4 Å². The number of carbonyl (C=O) groups excluding carboxylic acids is 1. The fourth-order valence-corrected chi connectivity index (χ4v) is 5.77. The van der Waals surface area contributed by atoms with Crippen LogP contribution in [0.2, 0.25) is 0 Å². The zero-order valence-electron chi connectivity index (χ0n) is 23.7. The fraction of sp³-hybridized carbons (Fsp3) is 0.452. The lowest BCUT2D eigenvalue weighted by molar-refractivity contribution is -0.137. The minimum absolute atomic E-state index is 0.0164. The van der Waals surface area contributed by atoms with E-state index in [-0.39, 0.29) is 23.3 Å². The molecule has 0 unspecified atom stereocenters. The van der Waals surface area contributed by atoms with Crippen LogP contribution in [0, 0.1) is 6.92 Å². The van der Waals surface area contributed by atoms with E-state index in [1.807, 2.05) is 11.8 Å². The molecule has 0 N–H and O–H groups in total. The third-order valence-electron chi connectivity index (χ3n) is 8.10. The van der Waals surface area contributed by atoms with Gasteiger partial charge in [0.15, 0.2) is 5.82 Å². The summed E-state index contributed by atoms with van der Waals surface area (Å²) in [6.07, 6.45) is -3.93. The molecule has 0 bridgehead atoms. The lowest BCUT2D eigenvalue weighted by atomic mass is 9.97. The Bertz CT molecular complexity index is 1420. The molecule has 3 heterocycles. The van der Waals surface area contributed by atoms with Crippen molar-refractivity contribution in [3.8, 4) is 11.4 Å². The highest BCUT2D eigenvalue weighted by Crippen LogP contribution is 2.39. The Hall–Kier alpha value is -3.62. The van der Waals surface area contributed by atoms with Crippen molar-refractivity contribution in [2.45, 2.75) is 65.7 Å². The number of piperazine rings is 1. The number of amides is 1. The molecule has 3 aromatic rings. The van der Waals surface area contributed by atoms with Gasteiger partial charge in [-0.25, -0.2) is 9.97 Å². The summed E-state index contributed by atoms with van der Waals surface area (Å²) in [6.45, 7) is 12.9. The number of aromatic nitrogens is 2. The molecule has 0 radical (unpaired) electrons. The van der Waals surface area contributed by atoms with Crippen molar-refractivity contribution in [1.82, 2.24) is 14.9 Å². The summed E-state index contributed by atoms with van der Waals surface area (Å²) < 4.78 is 41.9. The molecule has 9 heteroatoms. The highest BCUT2D eigenvalue weighted by Gasteiger charge is 2.36. The van der Waals surface area contributed by atoms with Crippen molar-refractivity contribution >= 4 is 17.4 Å². The zero-order chi connectivity index (χ0) is 28.8. The molecule has 2 aliphatic heterocycles. The fourth-order valence-electron chi connectivity index (χ4n) is 5.77. The number of carbonyl (C=O) groups is 1. The van der Waals surface area contributed by atoms with Gasteiger partial charge in [0.2, 0.25) is 5.91 Å². The van der Waals surface area contributed by atoms with Crippen LogP contribution in [0.1, 0.15) is 61.6 Å². The van der Waals surface area contributed by atoms with Crippen LogP contribution >= 0.6 is 0 Å². The van der Waals surface area contributed by atoms with Crippen LogP contribution in [-0.4, -0.2) is 53.0 Å². The second kappa shape index (κ2) is 10.7. The van der Waals surface area contributed by atoms with Gasteiger partial charge in [-0.1, -0.05) is 44.2 Å². The molecule has 2 aliphatic rings. The van der Waals surface area contributed by atoms with Crippen molar-refractivity contribution in [2.24, 2.45) is 0 Å². The van der Waals surface area contributed by atoms with E-state index >= 15 is 0 Å². The predicted octanol–water partition coefficient (Wildman–Crippen LogP) is 6.21. The third-order valence-corrected chi connectivity index (χ3v) is 8.10. The molecule has 0 saturated carbocycles. The molecule has 212 valence electrons. The first kappa shape index (κ1) is 27.9. The largest absolute Gasteiger partial charge is 0.417 e. The van der Waals surface area contributed by atoms with E-state index in [9.17, 15) is 18.0 Å². The molecule has 1 atom stereocenters. The first-order valence-electron chi connectivity index (χ1n) is 13.9. The second-order valence-electron chi connectivity index (χ2n) is 11.2. The van der Waals surface area contributed by atoms with Gasteiger partial charge < -0.3 is 14.7 Å². The van der Waals surface area contributed by atoms with Crippen molar-refractivity contribution in [3.63, 3.8) is 0 Å². The Labute approximate surface area is 233 Å². The average molecular weight is 552 g/mol. The number of fused-ring (bicyclic) bond motifs is 1. The number of aryl methyl sites for hydroxylation is 1. The monoisotopic (exact) mass is 551 g/mol. The van der Waals surface area contributed by atoms with E-state index in [1.54, 1.807) is 13.0 Å². The number of rotatable bonds is 4. The molecule has 6 nitrogen and oxygen atoms in total. The van der Waals surface area contributed by atoms with Gasteiger partial charge in [0.25, 0.3) is 0 Å². The third kappa shape index (κ3) is 5.38. The van der Waals surface area contributed by atoms with Crippen molar-refractivity contribution in [1.29, 1.82) is 0 Å². The van der Waals surface area contributed by atoms with Gasteiger partial charge in [0, 0.05) is 68.9 Å². The summed E-state index contributed by atoms with van der Waals surface area (Å²) in [5.41, 5.74) is 4.56. The number of benzene rings is 2. The Morgan fingerprint density at radius 1 is 1.05 bits per heavy atom. The predicted molar refractivity (Wildman–Crippen MR) is 152 cm³/mol. The number of hydrogen-bond acceptors (Lipinski definition) is 5. The van der Waals surface area contributed by atoms with E-state index in [1.165, 1.54) is 23.3 Å². The van der Waals surface area contributed by atoms with E-state index in [0.717, 1.165) is 23.0 Å². The molecule has 0 spiro atoms. The Balaban J connectivity index is 1.61. The summed E-state index contributed by atoms with van der Waals surface area (Å²) >= 11 is 0. The normalized spacial score (nSPS) is 17.8. The molecule has 1 aromatic heterocycles. The second-order valence-corrected chi connectivity index (χ2v) is 11.2. The minimum Gasteiger partial charge on any atom is -0.366 e. The Kier molecular flexibility index (Phi) is 7.50. The van der Waals surface area contributed by atoms with Crippen LogP contribution < -0.4 is 9.80 Å². The highest BCUT2D eigenvalue weighted by molar-refractivity contribution is 5.74. The van der Waals surface area contributed by atoms with Crippen LogP contribution in [0.3, 0.4) is 0 Å². The summed E-state index contributed by atoms with van der Waals surface area (Å²) in [5, 5.41) is 0. The first-order valence-corrected chi connectivity index (χ1v) is 13.9. The maximum Gasteiger partial charge on any atom is 0.417 e. The quantitative estimate of drug-likeness (QED) is 0.386. The number of nitrogens with zero attached hydrogens (tertiary/aromatic N) is 5. The maximum absolute atomic E-state index is 14.0. The maximum atomic E-state index is 14.0. The number of halogens is 3. The highest BCUT2D eigenvalue weighted by atomic mass is 19.4. The van der Waals surface area contributed by atoms with Crippen LogP contribution in [0.5, 0.6) is 0 Å². The average Bonchev–Trinajstić information content (AvgIpc) is 2.92. The van der Waals surface area contributed by atoms with Gasteiger partial charge in [-0.15, -0.1) is 0 Å². The number of alkyl halides is 3. The molecule has 1 saturated heterocycles. The van der Waals surface area contributed by atoms with Gasteiger partial charge in [-0.2, -0.15) is 13.2 Å². The summed E-state index contributed by atoms with van der Waals surface area (Å²) in [6, 6.07) is 12.0. The van der Waals surface area contributed by atoms with Gasteiger partial charge in [0.1, 0.15) is 5.82 Å². The molecule has 1 fully saturated rings. The lowest BCUT2D eigenvalue weighted by Gasteiger charge is -2.42. The number of anilines is 2. The van der Waals surface area contributed by atoms with E-state index in [0.29, 0.717) is 50.9 Å². The topological polar surface area (TPSA) is 52.6 Å². The van der Waals surface area contributed by atoms with E-state index in [2.05, 4.69) is 48.8 Å². The van der Waals surface area contributed by atoms with Gasteiger partial charge >= 0.3 is 6.18 Å².